The molecule has 1 aliphatic heterocycles. The van der Waals surface area contributed by atoms with Gasteiger partial charge in [-0.3, -0.25) is 9.88 Å². The molecule has 1 fully saturated rings. The van der Waals surface area contributed by atoms with E-state index < -0.39 is 0 Å². The van der Waals surface area contributed by atoms with Gasteiger partial charge in [-0.15, -0.1) is 0 Å². The standard InChI is InChI=1S/C26H29N5O2/c1-18(2)31-24-10-5-4-9-21(24)29-26(31)17-30-11-12-33-25(16-30)23-15-27-14-22(28-23)19-7-6-8-20(13-19)32-3/h4-10,13-15,18,25H,11-12,16-17H2,1-3H3. The number of benzene rings is 2. The number of hydrogen-bond acceptors (Lipinski definition) is 6. The van der Waals surface area contributed by atoms with Gasteiger partial charge in [-0.25, -0.2) is 9.97 Å². The Morgan fingerprint density at radius 1 is 1.09 bits per heavy atom. The third kappa shape index (κ3) is 4.47. The SMILES string of the molecule is COc1cccc(-c2cncc(C3CN(Cc4nc5ccccc5n4C(C)C)CCO3)n2)c1. The van der Waals surface area contributed by atoms with Gasteiger partial charge in [-0.1, -0.05) is 24.3 Å². The molecule has 33 heavy (non-hydrogen) atoms. The molecular weight excluding hydrogens is 414 g/mol. The number of ether oxygens (including phenoxy) is 2. The van der Waals surface area contributed by atoms with Crippen LogP contribution in [0.4, 0.5) is 0 Å². The van der Waals surface area contributed by atoms with Crippen LogP contribution in [0.2, 0.25) is 0 Å². The molecule has 0 aliphatic carbocycles. The van der Waals surface area contributed by atoms with Gasteiger partial charge in [0, 0.05) is 24.7 Å². The number of methoxy groups -OCH3 is 1. The first-order valence-corrected chi connectivity index (χ1v) is 11.4. The summed E-state index contributed by atoms with van der Waals surface area (Å²) in [5.41, 5.74) is 4.86. The fraction of sp³-hybridized carbons (Fsp3) is 0.346. The van der Waals surface area contributed by atoms with Crippen LogP contribution in [0, 0.1) is 0 Å². The second-order valence-electron chi connectivity index (χ2n) is 8.64. The number of rotatable bonds is 6. The van der Waals surface area contributed by atoms with Crippen LogP contribution >= 0.6 is 0 Å². The summed E-state index contributed by atoms with van der Waals surface area (Å²) in [5, 5.41) is 0. The van der Waals surface area contributed by atoms with E-state index in [1.165, 1.54) is 5.52 Å². The predicted octanol–water partition coefficient (Wildman–Crippen LogP) is 4.66. The van der Waals surface area contributed by atoms with Crippen molar-refractivity contribution in [1.29, 1.82) is 0 Å². The maximum absolute atomic E-state index is 6.11. The molecule has 0 radical (unpaired) electrons. The van der Waals surface area contributed by atoms with Gasteiger partial charge >= 0.3 is 0 Å². The molecule has 5 rings (SSSR count). The van der Waals surface area contributed by atoms with Crippen molar-refractivity contribution in [2.75, 3.05) is 26.8 Å². The highest BCUT2D eigenvalue weighted by atomic mass is 16.5. The predicted molar refractivity (Wildman–Crippen MR) is 128 cm³/mol. The van der Waals surface area contributed by atoms with Crippen LogP contribution in [0.3, 0.4) is 0 Å². The Bertz CT molecular complexity index is 1250. The Morgan fingerprint density at radius 3 is 2.82 bits per heavy atom. The number of morpholine rings is 1. The summed E-state index contributed by atoms with van der Waals surface area (Å²) in [4.78, 5) is 16.7. The van der Waals surface area contributed by atoms with Crippen LogP contribution in [0.1, 0.15) is 37.5 Å². The molecule has 0 spiro atoms. The van der Waals surface area contributed by atoms with E-state index in [0.717, 1.165) is 53.7 Å². The summed E-state index contributed by atoms with van der Waals surface area (Å²) >= 11 is 0. The molecule has 7 nitrogen and oxygen atoms in total. The van der Waals surface area contributed by atoms with E-state index in [0.29, 0.717) is 12.6 Å². The van der Waals surface area contributed by atoms with Crippen LogP contribution in [0.25, 0.3) is 22.3 Å². The smallest absolute Gasteiger partial charge is 0.124 e. The average Bonchev–Trinajstić information content (AvgIpc) is 3.22. The number of para-hydroxylation sites is 2. The second-order valence-corrected chi connectivity index (χ2v) is 8.64. The van der Waals surface area contributed by atoms with Crippen molar-refractivity contribution in [1.82, 2.24) is 24.4 Å². The van der Waals surface area contributed by atoms with Gasteiger partial charge in [-0.05, 0) is 38.1 Å². The third-order valence-electron chi connectivity index (χ3n) is 6.05. The van der Waals surface area contributed by atoms with Crippen LogP contribution in [-0.2, 0) is 11.3 Å². The lowest BCUT2D eigenvalue weighted by Gasteiger charge is -2.32. The van der Waals surface area contributed by atoms with E-state index in [-0.39, 0.29) is 6.10 Å². The first kappa shape index (κ1) is 21.6. The van der Waals surface area contributed by atoms with Crippen molar-refractivity contribution in [2.24, 2.45) is 0 Å². The van der Waals surface area contributed by atoms with Crippen molar-refractivity contribution >= 4 is 11.0 Å². The fourth-order valence-corrected chi connectivity index (χ4v) is 4.46. The fourth-order valence-electron chi connectivity index (χ4n) is 4.46. The number of aromatic nitrogens is 4. The Labute approximate surface area is 194 Å². The Morgan fingerprint density at radius 2 is 1.97 bits per heavy atom. The van der Waals surface area contributed by atoms with Gasteiger partial charge in [0.05, 0.1) is 55.1 Å². The molecule has 170 valence electrons. The molecule has 4 aromatic rings. The molecule has 2 aromatic heterocycles. The van der Waals surface area contributed by atoms with Crippen LogP contribution in [0.5, 0.6) is 5.75 Å². The lowest BCUT2D eigenvalue weighted by molar-refractivity contribution is -0.0361. The zero-order chi connectivity index (χ0) is 22.8. The minimum Gasteiger partial charge on any atom is -0.497 e. The topological polar surface area (TPSA) is 65.3 Å². The maximum atomic E-state index is 6.11. The van der Waals surface area contributed by atoms with E-state index in [9.17, 15) is 0 Å². The zero-order valence-electron chi connectivity index (χ0n) is 19.3. The molecule has 2 aromatic carbocycles. The highest BCUT2D eigenvalue weighted by molar-refractivity contribution is 5.76. The molecule has 1 aliphatic rings. The number of nitrogens with zero attached hydrogens (tertiary/aromatic N) is 5. The minimum absolute atomic E-state index is 0.131. The maximum Gasteiger partial charge on any atom is 0.124 e. The van der Waals surface area contributed by atoms with Gasteiger partial charge < -0.3 is 14.0 Å². The first-order valence-electron chi connectivity index (χ1n) is 11.4. The molecule has 7 heteroatoms. The summed E-state index contributed by atoms with van der Waals surface area (Å²) in [6.07, 6.45) is 3.46. The summed E-state index contributed by atoms with van der Waals surface area (Å²) in [6, 6.07) is 16.6. The van der Waals surface area contributed by atoms with Crippen molar-refractivity contribution in [3.8, 4) is 17.0 Å². The van der Waals surface area contributed by atoms with Crippen molar-refractivity contribution in [3.05, 3.63) is 72.4 Å². The van der Waals surface area contributed by atoms with E-state index in [1.54, 1.807) is 19.5 Å². The first-order chi connectivity index (χ1) is 16.1. The molecule has 1 atom stereocenters. The third-order valence-corrected chi connectivity index (χ3v) is 6.05. The summed E-state index contributed by atoms with van der Waals surface area (Å²) in [5.74, 6) is 1.89. The van der Waals surface area contributed by atoms with Gasteiger partial charge in [0.25, 0.3) is 0 Å². The molecule has 3 heterocycles. The molecular formula is C26H29N5O2. The van der Waals surface area contributed by atoms with Crippen LogP contribution in [0.15, 0.2) is 60.9 Å². The molecule has 0 amide bonds. The quantitative estimate of drug-likeness (QED) is 0.432. The number of hydrogen-bond donors (Lipinski definition) is 0. The Balaban J connectivity index is 1.37. The number of imidazole rings is 1. The average molecular weight is 444 g/mol. The van der Waals surface area contributed by atoms with Crippen LogP contribution < -0.4 is 4.74 Å². The van der Waals surface area contributed by atoms with Crippen molar-refractivity contribution in [3.63, 3.8) is 0 Å². The van der Waals surface area contributed by atoms with E-state index in [2.05, 4.69) is 46.5 Å². The van der Waals surface area contributed by atoms with Crippen LogP contribution in [-0.4, -0.2) is 51.2 Å². The summed E-state index contributed by atoms with van der Waals surface area (Å²) in [6.45, 7) is 7.45. The zero-order valence-corrected chi connectivity index (χ0v) is 19.3. The molecule has 1 saturated heterocycles. The van der Waals surface area contributed by atoms with E-state index in [4.69, 9.17) is 19.4 Å². The summed E-state index contributed by atoms with van der Waals surface area (Å²) in [7, 11) is 1.67. The number of fused-ring (bicyclic) bond motifs is 1. The monoisotopic (exact) mass is 443 g/mol. The Hall–Kier alpha value is -3.29. The highest BCUT2D eigenvalue weighted by Gasteiger charge is 2.25. The molecule has 0 N–H and O–H groups in total. The minimum atomic E-state index is -0.131. The highest BCUT2D eigenvalue weighted by Crippen LogP contribution is 2.27. The second kappa shape index (κ2) is 9.29. The Kier molecular flexibility index (Phi) is 6.07. The lowest BCUT2D eigenvalue weighted by Crippen LogP contribution is -2.38. The largest absolute Gasteiger partial charge is 0.497 e. The van der Waals surface area contributed by atoms with Gasteiger partial charge in [0.15, 0.2) is 0 Å². The molecule has 1 unspecified atom stereocenters. The van der Waals surface area contributed by atoms with Gasteiger partial charge in [-0.2, -0.15) is 0 Å². The summed E-state index contributed by atoms with van der Waals surface area (Å²) < 4.78 is 13.8. The van der Waals surface area contributed by atoms with E-state index in [1.807, 2.05) is 30.3 Å². The van der Waals surface area contributed by atoms with Crippen molar-refractivity contribution < 1.29 is 9.47 Å². The molecule has 0 bridgehead atoms. The van der Waals surface area contributed by atoms with Gasteiger partial charge in [0.2, 0.25) is 0 Å². The molecule has 0 saturated carbocycles. The lowest BCUT2D eigenvalue weighted by atomic mass is 10.1. The van der Waals surface area contributed by atoms with Crippen molar-refractivity contribution in [2.45, 2.75) is 32.5 Å². The van der Waals surface area contributed by atoms with E-state index >= 15 is 0 Å². The normalized spacial score (nSPS) is 17.0. The van der Waals surface area contributed by atoms with Gasteiger partial charge in [0.1, 0.15) is 17.7 Å².